The largest absolute Gasteiger partial charge is 0.480 e. The number of rotatable bonds is 5. The molecule has 1 rings (SSSR count). The van der Waals surface area contributed by atoms with Gasteiger partial charge in [0, 0.05) is 25.4 Å². The lowest BCUT2D eigenvalue weighted by Crippen LogP contribution is -2.37. The highest BCUT2D eigenvalue weighted by atomic mass is 32.2. The van der Waals surface area contributed by atoms with Crippen LogP contribution in [0.5, 0.6) is 0 Å². The minimum Gasteiger partial charge on any atom is -0.480 e. The zero-order chi connectivity index (χ0) is 10.4. The Hall–Kier alpha value is -0.260. The van der Waals surface area contributed by atoms with Crippen LogP contribution in [0.3, 0.4) is 0 Å². The highest BCUT2D eigenvalue weighted by molar-refractivity contribution is 8.00. The van der Waals surface area contributed by atoms with E-state index in [-0.39, 0.29) is 5.25 Å². The van der Waals surface area contributed by atoms with E-state index in [9.17, 15) is 4.79 Å². The third kappa shape index (κ3) is 4.30. The van der Waals surface area contributed by atoms with Crippen LogP contribution in [0, 0.1) is 0 Å². The standard InChI is InChI=1S/C9H17NO3S/c1-8(9(11)12)14-7-4-10-2-5-13-6-3-10/h8H,2-7H2,1H3,(H,11,12). The molecule has 82 valence electrons. The van der Waals surface area contributed by atoms with Crippen LogP contribution in [-0.2, 0) is 9.53 Å². The Morgan fingerprint density at radius 1 is 1.57 bits per heavy atom. The molecule has 1 unspecified atom stereocenters. The number of hydrogen-bond acceptors (Lipinski definition) is 4. The number of carboxylic acid groups (broad SMARTS) is 1. The molecule has 0 aromatic rings. The van der Waals surface area contributed by atoms with Crippen molar-refractivity contribution in [3.63, 3.8) is 0 Å². The lowest BCUT2D eigenvalue weighted by Gasteiger charge is -2.26. The van der Waals surface area contributed by atoms with Gasteiger partial charge in [0.1, 0.15) is 0 Å². The van der Waals surface area contributed by atoms with Crippen molar-refractivity contribution in [1.82, 2.24) is 4.90 Å². The van der Waals surface area contributed by atoms with Crippen molar-refractivity contribution in [2.75, 3.05) is 38.6 Å². The van der Waals surface area contributed by atoms with E-state index in [2.05, 4.69) is 4.90 Å². The number of morpholine rings is 1. The molecular formula is C9H17NO3S. The zero-order valence-electron chi connectivity index (χ0n) is 8.44. The Morgan fingerprint density at radius 2 is 2.21 bits per heavy atom. The van der Waals surface area contributed by atoms with Gasteiger partial charge >= 0.3 is 5.97 Å². The average molecular weight is 219 g/mol. The fraction of sp³-hybridized carbons (Fsp3) is 0.889. The second-order valence-corrected chi connectivity index (χ2v) is 4.75. The Bertz CT molecular complexity index is 183. The van der Waals surface area contributed by atoms with Gasteiger partial charge in [0.25, 0.3) is 0 Å². The third-order valence-corrected chi connectivity index (χ3v) is 3.35. The van der Waals surface area contributed by atoms with Crippen LogP contribution >= 0.6 is 11.8 Å². The molecule has 0 saturated carbocycles. The first-order chi connectivity index (χ1) is 6.70. The van der Waals surface area contributed by atoms with Crippen molar-refractivity contribution in [2.24, 2.45) is 0 Å². The summed E-state index contributed by atoms with van der Waals surface area (Å²) in [7, 11) is 0. The number of thioether (sulfide) groups is 1. The topological polar surface area (TPSA) is 49.8 Å². The van der Waals surface area contributed by atoms with Crippen molar-refractivity contribution in [2.45, 2.75) is 12.2 Å². The van der Waals surface area contributed by atoms with Gasteiger partial charge in [0.05, 0.1) is 18.5 Å². The van der Waals surface area contributed by atoms with E-state index in [1.54, 1.807) is 6.92 Å². The van der Waals surface area contributed by atoms with Crippen molar-refractivity contribution in [1.29, 1.82) is 0 Å². The summed E-state index contributed by atoms with van der Waals surface area (Å²) in [5.74, 6) is 0.157. The highest BCUT2D eigenvalue weighted by Crippen LogP contribution is 2.10. The number of nitrogens with zero attached hydrogens (tertiary/aromatic N) is 1. The molecule has 1 heterocycles. The van der Waals surface area contributed by atoms with Gasteiger partial charge < -0.3 is 9.84 Å². The molecule has 0 radical (unpaired) electrons. The van der Waals surface area contributed by atoms with Gasteiger partial charge in [-0.05, 0) is 6.92 Å². The molecule has 0 bridgehead atoms. The van der Waals surface area contributed by atoms with Crippen molar-refractivity contribution in [3.8, 4) is 0 Å². The molecule has 14 heavy (non-hydrogen) atoms. The van der Waals surface area contributed by atoms with Gasteiger partial charge in [-0.2, -0.15) is 0 Å². The van der Waals surface area contributed by atoms with E-state index in [0.29, 0.717) is 0 Å². The van der Waals surface area contributed by atoms with E-state index in [0.717, 1.165) is 38.6 Å². The summed E-state index contributed by atoms with van der Waals surface area (Å²) in [6.07, 6.45) is 0. The lowest BCUT2D eigenvalue weighted by molar-refractivity contribution is -0.136. The van der Waals surface area contributed by atoms with E-state index in [1.807, 2.05) is 0 Å². The summed E-state index contributed by atoms with van der Waals surface area (Å²) in [5.41, 5.74) is 0. The van der Waals surface area contributed by atoms with Crippen molar-refractivity contribution >= 4 is 17.7 Å². The SMILES string of the molecule is CC(SCCN1CCOCC1)C(=O)O. The molecule has 0 spiro atoms. The molecule has 1 aliphatic heterocycles. The van der Waals surface area contributed by atoms with E-state index < -0.39 is 5.97 Å². The van der Waals surface area contributed by atoms with Crippen LogP contribution in [0.1, 0.15) is 6.92 Å². The van der Waals surface area contributed by atoms with Crippen LogP contribution in [0.4, 0.5) is 0 Å². The lowest BCUT2D eigenvalue weighted by atomic mass is 10.4. The molecule has 1 fully saturated rings. The average Bonchev–Trinajstić information content (AvgIpc) is 2.19. The quantitative estimate of drug-likeness (QED) is 0.730. The second-order valence-electron chi connectivity index (χ2n) is 3.31. The zero-order valence-corrected chi connectivity index (χ0v) is 9.26. The molecular weight excluding hydrogens is 202 g/mol. The summed E-state index contributed by atoms with van der Waals surface area (Å²) in [6, 6.07) is 0. The number of carboxylic acids is 1. The molecule has 1 saturated heterocycles. The highest BCUT2D eigenvalue weighted by Gasteiger charge is 2.13. The molecule has 1 atom stereocenters. The minimum atomic E-state index is -0.725. The first-order valence-corrected chi connectivity index (χ1v) is 5.89. The first-order valence-electron chi connectivity index (χ1n) is 4.84. The van der Waals surface area contributed by atoms with E-state index >= 15 is 0 Å². The molecule has 1 aliphatic rings. The molecule has 0 aromatic carbocycles. The smallest absolute Gasteiger partial charge is 0.316 e. The first kappa shape index (κ1) is 11.8. The Morgan fingerprint density at radius 3 is 2.79 bits per heavy atom. The Kier molecular flexibility index (Phi) is 5.29. The van der Waals surface area contributed by atoms with Gasteiger partial charge in [-0.25, -0.2) is 0 Å². The summed E-state index contributed by atoms with van der Waals surface area (Å²) in [5, 5.41) is 8.37. The molecule has 4 nitrogen and oxygen atoms in total. The summed E-state index contributed by atoms with van der Waals surface area (Å²) in [4.78, 5) is 12.8. The molecule has 0 aromatic heterocycles. The second kappa shape index (κ2) is 6.27. The third-order valence-electron chi connectivity index (χ3n) is 2.23. The summed E-state index contributed by atoms with van der Waals surface area (Å²) in [6.45, 7) is 6.25. The van der Waals surface area contributed by atoms with Crippen molar-refractivity contribution in [3.05, 3.63) is 0 Å². The molecule has 0 aliphatic carbocycles. The van der Waals surface area contributed by atoms with Crippen LogP contribution < -0.4 is 0 Å². The van der Waals surface area contributed by atoms with E-state index in [1.165, 1.54) is 11.8 Å². The normalized spacial score (nSPS) is 20.6. The van der Waals surface area contributed by atoms with Crippen molar-refractivity contribution < 1.29 is 14.6 Å². The fourth-order valence-electron chi connectivity index (χ4n) is 1.25. The van der Waals surface area contributed by atoms with Gasteiger partial charge in [-0.1, -0.05) is 0 Å². The molecule has 0 amide bonds. The Labute approximate surface area is 88.6 Å². The van der Waals surface area contributed by atoms with E-state index in [4.69, 9.17) is 9.84 Å². The van der Waals surface area contributed by atoms with Crippen LogP contribution in [0.15, 0.2) is 0 Å². The van der Waals surface area contributed by atoms with Crippen LogP contribution in [0.2, 0.25) is 0 Å². The number of aliphatic carboxylic acids is 1. The predicted octanol–water partition coefficient (Wildman–Crippen LogP) is 0.525. The minimum absolute atomic E-state index is 0.295. The maximum absolute atomic E-state index is 10.5. The number of carbonyl (C=O) groups is 1. The number of ether oxygens (including phenoxy) is 1. The number of hydrogen-bond donors (Lipinski definition) is 1. The monoisotopic (exact) mass is 219 g/mol. The van der Waals surface area contributed by atoms with Crippen LogP contribution in [0.25, 0.3) is 0 Å². The molecule has 1 N–H and O–H groups in total. The van der Waals surface area contributed by atoms with Gasteiger partial charge in [-0.3, -0.25) is 9.69 Å². The Balaban J connectivity index is 2.05. The predicted molar refractivity (Wildman–Crippen MR) is 56.8 cm³/mol. The van der Waals surface area contributed by atoms with Gasteiger partial charge in [-0.15, -0.1) is 11.8 Å². The summed E-state index contributed by atoms with van der Waals surface area (Å²) >= 11 is 1.50. The fourth-order valence-corrected chi connectivity index (χ4v) is 2.11. The molecule has 5 heteroatoms. The van der Waals surface area contributed by atoms with Crippen LogP contribution in [-0.4, -0.2) is 59.8 Å². The maximum Gasteiger partial charge on any atom is 0.316 e. The maximum atomic E-state index is 10.5. The van der Waals surface area contributed by atoms with Gasteiger partial charge in [0.15, 0.2) is 0 Å². The van der Waals surface area contributed by atoms with Gasteiger partial charge in [0.2, 0.25) is 0 Å². The summed E-state index contributed by atoms with van der Waals surface area (Å²) < 4.78 is 5.22.